The molecule has 0 heterocycles. The molecule has 0 bridgehead atoms. The van der Waals surface area contributed by atoms with Gasteiger partial charge in [0, 0.05) is 0 Å². The van der Waals surface area contributed by atoms with Crippen LogP contribution in [0, 0.1) is 0 Å². The number of para-hydroxylation sites is 3. The quantitative estimate of drug-likeness (QED) is 0.307. The van der Waals surface area contributed by atoms with Gasteiger partial charge in [-0.05, 0) is 0 Å². The van der Waals surface area contributed by atoms with Gasteiger partial charge in [0.25, 0.3) is 0 Å². The van der Waals surface area contributed by atoms with Gasteiger partial charge in [-0.1, -0.05) is 0 Å². The summed E-state index contributed by atoms with van der Waals surface area (Å²) in [5, 5.41) is 0. The Kier molecular flexibility index (Phi) is 6.41. The first-order valence-electron chi connectivity index (χ1n) is 8.93. The zero-order valence-electron chi connectivity index (χ0n) is 15.2. The zero-order valence-corrected chi connectivity index (χ0v) is 20.7. The summed E-state index contributed by atoms with van der Waals surface area (Å²) in [6.07, 6.45) is 0. The molecule has 0 unspecified atom stereocenters. The van der Waals surface area contributed by atoms with Crippen molar-refractivity contribution in [2.24, 2.45) is 0 Å². The molecule has 0 aromatic heterocycles. The third-order valence-electron chi connectivity index (χ3n) is 4.69. The molecule has 3 heteroatoms. The van der Waals surface area contributed by atoms with Crippen LogP contribution >= 0.6 is 0 Å². The number of quaternary nitrogens is 1. The molecule has 3 rings (SSSR count). The zero-order chi connectivity index (χ0) is 17.5. The summed E-state index contributed by atoms with van der Waals surface area (Å²) in [6, 6.07) is 33.0. The summed E-state index contributed by atoms with van der Waals surface area (Å²) in [5.41, 5.74) is 4.08. The fourth-order valence-electron chi connectivity index (χ4n) is 3.51. The summed E-state index contributed by atoms with van der Waals surface area (Å²) in [4.78, 5) is 2.36. The van der Waals surface area contributed by atoms with E-state index in [1.807, 2.05) is 0 Å². The minimum atomic E-state index is -1.11. The van der Waals surface area contributed by atoms with Crippen LogP contribution in [0.3, 0.4) is 0 Å². The third kappa shape index (κ3) is 4.20. The van der Waals surface area contributed by atoms with Crippen molar-refractivity contribution in [2.45, 2.75) is 0 Å². The molecule has 0 aliphatic carbocycles. The van der Waals surface area contributed by atoms with Gasteiger partial charge >= 0.3 is 164 Å². The molecule has 0 aliphatic heterocycles. The molecule has 0 radical (unpaired) electrons. The predicted molar refractivity (Wildman–Crippen MR) is 104 cm³/mol. The maximum absolute atomic E-state index is 2.36. The molecule has 0 saturated carbocycles. The molecule has 0 amide bonds. The van der Waals surface area contributed by atoms with E-state index in [2.05, 4.69) is 110 Å². The van der Waals surface area contributed by atoms with Crippen LogP contribution in [0.25, 0.3) is 0 Å². The second kappa shape index (κ2) is 8.75. The van der Waals surface area contributed by atoms with E-state index in [-0.39, 0.29) is 0 Å². The molecule has 124 valence electrons. The molecule has 0 aliphatic rings. The topological polar surface area (TPSA) is 3.24 Å². The molecule has 0 atom stereocenters. The van der Waals surface area contributed by atoms with E-state index in [1.165, 1.54) is 25.2 Å². The average molecular weight is 518 g/mol. The molecule has 0 N–H and O–H groups in total. The molecule has 25 heavy (non-hydrogen) atoms. The Morgan fingerprint density at radius 2 is 1.00 bits per heavy atom. The molecule has 3 aromatic carbocycles. The Bertz CT molecular complexity index is 661. The number of hydrogen-bond donors (Lipinski definition) is 0. The van der Waals surface area contributed by atoms with Crippen molar-refractivity contribution in [1.29, 1.82) is 0 Å². The van der Waals surface area contributed by atoms with E-state index in [0.29, 0.717) is 0 Å². The standard InChI is InChI=1S/C19H17N.C3H8N.Hg/c1-20(17-11-5-2-6-12-17,18-13-7-3-8-14-18)19-15-9-4-10-16-19;1-4(2)3;/h2-16H,1H2;1H2,2-3H3;/q+1;;. The van der Waals surface area contributed by atoms with E-state index in [0.717, 1.165) is 4.48 Å². The van der Waals surface area contributed by atoms with Crippen molar-refractivity contribution >= 4 is 17.1 Å². The van der Waals surface area contributed by atoms with Gasteiger partial charge in [-0.15, -0.1) is 0 Å². The van der Waals surface area contributed by atoms with Crippen LogP contribution < -0.4 is 4.48 Å². The first-order chi connectivity index (χ1) is 12.2. The Morgan fingerprint density at radius 3 is 1.32 bits per heavy atom. The molecule has 0 saturated heterocycles. The van der Waals surface area contributed by atoms with E-state index >= 15 is 0 Å². The number of rotatable bonds is 7. The van der Waals surface area contributed by atoms with Crippen molar-refractivity contribution in [1.82, 2.24) is 9.38 Å². The summed E-state index contributed by atoms with van der Waals surface area (Å²) < 4.78 is 3.39. The molecule has 0 fully saturated rings. The van der Waals surface area contributed by atoms with Crippen molar-refractivity contribution in [3.05, 3.63) is 91.0 Å². The molecular formula is C22H25HgN2+. The van der Waals surface area contributed by atoms with Crippen LogP contribution in [0.2, 0.25) is 0 Å². The Morgan fingerprint density at radius 1 is 0.640 bits per heavy atom. The van der Waals surface area contributed by atoms with Crippen LogP contribution in [-0.2, 0) is 24.6 Å². The maximum atomic E-state index is 2.36. The molecule has 2 nitrogen and oxygen atoms in total. The molecule has 0 spiro atoms. The number of benzene rings is 3. The van der Waals surface area contributed by atoms with Crippen LogP contribution in [0.1, 0.15) is 0 Å². The van der Waals surface area contributed by atoms with Crippen molar-refractivity contribution in [2.75, 3.05) is 22.2 Å². The van der Waals surface area contributed by atoms with Gasteiger partial charge in [0.05, 0.1) is 0 Å². The second-order valence-corrected chi connectivity index (χ2v) is 12.9. The number of hydrogen-bond acceptors (Lipinski definition) is 1. The monoisotopic (exact) mass is 519 g/mol. The second-order valence-electron chi connectivity index (χ2n) is 6.70. The van der Waals surface area contributed by atoms with E-state index in [9.17, 15) is 0 Å². The van der Waals surface area contributed by atoms with E-state index in [4.69, 9.17) is 0 Å². The number of nitrogens with zero attached hydrogens (tertiary/aromatic N) is 2. The van der Waals surface area contributed by atoms with Crippen LogP contribution in [0.4, 0.5) is 17.1 Å². The SMILES string of the molecule is CN(C)[CH2][Hg][CH2][N+](c1ccccc1)(c1ccccc1)c1ccccc1. The first kappa shape index (κ1) is 18.3. The van der Waals surface area contributed by atoms with Crippen molar-refractivity contribution in [3.63, 3.8) is 0 Å². The summed E-state index contributed by atoms with van der Waals surface area (Å²) >= 11 is -1.11. The van der Waals surface area contributed by atoms with Gasteiger partial charge in [0.1, 0.15) is 0 Å². The summed E-state index contributed by atoms with van der Waals surface area (Å²) in [5.74, 6) is 0. The van der Waals surface area contributed by atoms with E-state index in [1.54, 1.807) is 0 Å². The minimum absolute atomic E-state index is 0.845. The average Bonchev–Trinajstić information content (AvgIpc) is 2.67. The van der Waals surface area contributed by atoms with Gasteiger partial charge in [-0.2, -0.15) is 0 Å². The van der Waals surface area contributed by atoms with E-state index < -0.39 is 24.6 Å². The van der Waals surface area contributed by atoms with Crippen molar-refractivity contribution < 1.29 is 24.6 Å². The summed E-state index contributed by atoms with van der Waals surface area (Å²) in [6.45, 7) is 0. The third-order valence-corrected chi connectivity index (χ3v) is 13.2. The Balaban J connectivity index is 2.16. The van der Waals surface area contributed by atoms with Crippen LogP contribution in [-0.4, -0.2) is 27.1 Å². The predicted octanol–water partition coefficient (Wildman–Crippen LogP) is 5.22. The fraction of sp³-hybridized carbons (Fsp3) is 0.182. The first-order valence-corrected chi connectivity index (χ1v) is 16.7. The van der Waals surface area contributed by atoms with Gasteiger partial charge in [-0.3, -0.25) is 0 Å². The van der Waals surface area contributed by atoms with Gasteiger partial charge in [0.15, 0.2) is 0 Å². The van der Waals surface area contributed by atoms with Crippen LogP contribution in [0.5, 0.6) is 0 Å². The van der Waals surface area contributed by atoms with Gasteiger partial charge in [-0.25, -0.2) is 0 Å². The van der Waals surface area contributed by atoms with Gasteiger partial charge in [0.2, 0.25) is 0 Å². The summed E-state index contributed by atoms with van der Waals surface area (Å²) in [7, 11) is 4.39. The van der Waals surface area contributed by atoms with Crippen LogP contribution in [0.15, 0.2) is 91.0 Å². The Labute approximate surface area is 163 Å². The fourth-order valence-corrected chi connectivity index (χ4v) is 11.4. The molecular weight excluding hydrogens is 493 g/mol. The normalized spacial score (nSPS) is 11.3. The Hall–Kier alpha value is -1.48. The van der Waals surface area contributed by atoms with Crippen molar-refractivity contribution in [3.8, 4) is 0 Å². The van der Waals surface area contributed by atoms with Gasteiger partial charge < -0.3 is 0 Å². The molecule has 3 aromatic rings.